The summed E-state index contributed by atoms with van der Waals surface area (Å²) in [6.45, 7) is 0.551. The second-order valence-electron chi connectivity index (χ2n) is 9.24. The molecule has 1 unspecified atom stereocenters. The minimum atomic E-state index is -1.11. The van der Waals surface area contributed by atoms with E-state index in [4.69, 9.17) is 9.47 Å². The molecule has 4 rings (SSSR count). The molecule has 3 N–H and O–H groups in total. The number of hydrogen-bond donors (Lipinski definition) is 3. The third kappa shape index (κ3) is 6.19. The van der Waals surface area contributed by atoms with E-state index in [0.717, 1.165) is 35.1 Å². The minimum Gasteiger partial charge on any atom is -0.480 e. The van der Waals surface area contributed by atoms with Gasteiger partial charge >= 0.3 is 12.1 Å². The van der Waals surface area contributed by atoms with Crippen LogP contribution in [0.15, 0.2) is 48.5 Å². The lowest BCUT2D eigenvalue weighted by Crippen LogP contribution is -2.52. The van der Waals surface area contributed by atoms with E-state index in [1.165, 1.54) is 0 Å². The minimum absolute atomic E-state index is 0.0824. The first-order valence-corrected chi connectivity index (χ1v) is 12.1. The Balaban J connectivity index is 1.37. The monoisotopic (exact) mass is 480 g/mol. The highest BCUT2D eigenvalue weighted by molar-refractivity contribution is 5.89. The number of carboxylic acid groups (broad SMARTS) is 1. The third-order valence-electron chi connectivity index (χ3n) is 6.67. The maximum absolute atomic E-state index is 12.9. The van der Waals surface area contributed by atoms with Crippen LogP contribution < -0.4 is 10.6 Å². The Kier molecular flexibility index (Phi) is 8.02. The molecule has 2 aromatic carbocycles. The van der Waals surface area contributed by atoms with Gasteiger partial charge in [-0.1, -0.05) is 61.4 Å². The zero-order chi connectivity index (χ0) is 24.8. The van der Waals surface area contributed by atoms with Gasteiger partial charge in [0.15, 0.2) is 0 Å². The number of fused-ring (bicyclic) bond motifs is 3. The molecular weight excluding hydrogens is 448 g/mol. The summed E-state index contributed by atoms with van der Waals surface area (Å²) in [4.78, 5) is 37.2. The van der Waals surface area contributed by atoms with Crippen LogP contribution in [0.1, 0.15) is 49.1 Å². The Morgan fingerprint density at radius 3 is 2.17 bits per heavy atom. The first-order valence-electron chi connectivity index (χ1n) is 12.1. The van der Waals surface area contributed by atoms with E-state index in [9.17, 15) is 19.5 Å². The van der Waals surface area contributed by atoms with Crippen LogP contribution in [-0.4, -0.2) is 55.5 Å². The Morgan fingerprint density at radius 2 is 1.60 bits per heavy atom. The Bertz CT molecular complexity index is 1020. The molecule has 8 nitrogen and oxygen atoms in total. The van der Waals surface area contributed by atoms with E-state index in [0.29, 0.717) is 25.4 Å². The van der Waals surface area contributed by atoms with Gasteiger partial charge in [0.2, 0.25) is 5.91 Å². The summed E-state index contributed by atoms with van der Waals surface area (Å²) >= 11 is 0. The summed E-state index contributed by atoms with van der Waals surface area (Å²) < 4.78 is 10.6. The topological polar surface area (TPSA) is 114 Å². The fourth-order valence-corrected chi connectivity index (χ4v) is 4.66. The molecule has 0 heterocycles. The van der Waals surface area contributed by atoms with Crippen LogP contribution in [-0.2, 0) is 19.1 Å². The number of alkyl carbamates (subject to hydrolysis) is 1. The van der Waals surface area contributed by atoms with E-state index >= 15 is 0 Å². The molecule has 2 amide bonds. The zero-order valence-electron chi connectivity index (χ0n) is 19.9. The Labute approximate surface area is 205 Å². The molecule has 0 aliphatic heterocycles. The first-order chi connectivity index (χ1) is 17.0. The molecule has 0 saturated heterocycles. The number of carboxylic acids is 1. The molecule has 1 saturated carbocycles. The van der Waals surface area contributed by atoms with Crippen molar-refractivity contribution in [2.75, 3.05) is 20.3 Å². The lowest BCUT2D eigenvalue weighted by molar-refractivity contribution is -0.142. The number of methoxy groups -OCH3 is 1. The molecule has 0 bridgehead atoms. The van der Waals surface area contributed by atoms with E-state index in [-0.39, 0.29) is 18.9 Å². The fourth-order valence-electron chi connectivity index (χ4n) is 4.66. The molecule has 1 fully saturated rings. The van der Waals surface area contributed by atoms with Gasteiger partial charge in [-0.2, -0.15) is 0 Å². The Hall–Kier alpha value is -3.39. The number of hydrogen-bond acceptors (Lipinski definition) is 5. The van der Waals surface area contributed by atoms with Crippen molar-refractivity contribution in [3.63, 3.8) is 0 Å². The van der Waals surface area contributed by atoms with Crippen molar-refractivity contribution in [1.82, 2.24) is 10.6 Å². The maximum Gasteiger partial charge on any atom is 0.407 e. The van der Waals surface area contributed by atoms with Crippen molar-refractivity contribution >= 4 is 18.0 Å². The summed E-state index contributed by atoms with van der Waals surface area (Å²) in [5, 5.41) is 14.7. The fraction of sp³-hybridized carbons (Fsp3) is 0.444. The Morgan fingerprint density at radius 1 is 0.971 bits per heavy atom. The zero-order valence-corrected chi connectivity index (χ0v) is 19.9. The summed E-state index contributed by atoms with van der Waals surface area (Å²) in [7, 11) is 1.54. The smallest absolute Gasteiger partial charge is 0.407 e. The molecule has 2 aromatic rings. The first kappa shape index (κ1) is 24.7. The van der Waals surface area contributed by atoms with Crippen LogP contribution in [0.4, 0.5) is 4.79 Å². The number of amides is 2. The van der Waals surface area contributed by atoms with E-state index < -0.39 is 30.1 Å². The van der Waals surface area contributed by atoms with Gasteiger partial charge < -0.3 is 25.2 Å². The molecule has 2 atom stereocenters. The maximum atomic E-state index is 12.9. The van der Waals surface area contributed by atoms with Gasteiger partial charge in [-0.15, -0.1) is 0 Å². The summed E-state index contributed by atoms with van der Waals surface area (Å²) in [5.41, 5.74) is 4.48. The molecule has 0 spiro atoms. The lowest BCUT2D eigenvalue weighted by Gasteiger charge is -2.22. The van der Waals surface area contributed by atoms with Crippen molar-refractivity contribution in [1.29, 1.82) is 0 Å². The second-order valence-corrected chi connectivity index (χ2v) is 9.24. The highest BCUT2D eigenvalue weighted by Crippen LogP contribution is 2.44. The molecule has 2 aliphatic rings. The largest absolute Gasteiger partial charge is 0.480 e. The van der Waals surface area contributed by atoms with E-state index in [1.807, 2.05) is 36.4 Å². The van der Waals surface area contributed by atoms with Crippen LogP contribution >= 0.6 is 0 Å². The predicted molar refractivity (Wildman–Crippen MR) is 130 cm³/mol. The number of carbonyl (C=O) groups is 3. The molecular formula is C27H32N2O6. The summed E-state index contributed by atoms with van der Waals surface area (Å²) in [5.74, 6) is -1.35. The van der Waals surface area contributed by atoms with Crippen molar-refractivity contribution in [2.24, 2.45) is 5.92 Å². The average molecular weight is 481 g/mol. The number of rotatable bonds is 12. The summed E-state index contributed by atoms with van der Waals surface area (Å²) in [6.07, 6.45) is 2.51. The standard InChI is InChI=1S/C27H32N2O6/c1-34-14-6-11-23(26(31)32)28-25(30)24(15-17-12-13-17)29-27(33)35-16-22-20-9-4-2-7-18(20)19-8-3-5-10-21(19)22/h2-5,7-10,17,22-24H,6,11-16H2,1H3,(H,28,30)(H,29,33)(H,31,32)/t23?,24-/m0/s1. The van der Waals surface area contributed by atoms with Gasteiger partial charge in [0, 0.05) is 19.6 Å². The van der Waals surface area contributed by atoms with Gasteiger partial charge in [0.05, 0.1) is 0 Å². The van der Waals surface area contributed by atoms with Crippen LogP contribution in [0.25, 0.3) is 11.1 Å². The number of aliphatic carboxylic acids is 1. The molecule has 8 heteroatoms. The average Bonchev–Trinajstić information content (AvgIpc) is 3.62. The number of ether oxygens (including phenoxy) is 2. The van der Waals surface area contributed by atoms with Crippen LogP contribution in [0.5, 0.6) is 0 Å². The van der Waals surface area contributed by atoms with Gasteiger partial charge in [-0.25, -0.2) is 9.59 Å². The number of benzene rings is 2. The molecule has 186 valence electrons. The van der Waals surface area contributed by atoms with Crippen LogP contribution in [0.2, 0.25) is 0 Å². The van der Waals surface area contributed by atoms with E-state index in [1.54, 1.807) is 7.11 Å². The van der Waals surface area contributed by atoms with Gasteiger partial charge in [-0.05, 0) is 47.4 Å². The third-order valence-corrected chi connectivity index (χ3v) is 6.67. The van der Waals surface area contributed by atoms with Gasteiger partial charge in [0.1, 0.15) is 18.7 Å². The second kappa shape index (κ2) is 11.4. The number of carbonyl (C=O) groups excluding carboxylic acids is 2. The quantitative estimate of drug-likeness (QED) is 0.399. The van der Waals surface area contributed by atoms with Gasteiger partial charge in [0.25, 0.3) is 0 Å². The molecule has 0 radical (unpaired) electrons. The number of nitrogens with one attached hydrogen (secondary N) is 2. The van der Waals surface area contributed by atoms with Gasteiger partial charge in [-0.3, -0.25) is 4.79 Å². The normalized spacial score (nSPS) is 16.0. The van der Waals surface area contributed by atoms with Crippen LogP contribution in [0.3, 0.4) is 0 Å². The van der Waals surface area contributed by atoms with E-state index in [2.05, 4.69) is 22.8 Å². The highest BCUT2D eigenvalue weighted by atomic mass is 16.5. The highest BCUT2D eigenvalue weighted by Gasteiger charge is 2.34. The molecule has 0 aromatic heterocycles. The predicted octanol–water partition coefficient (Wildman–Crippen LogP) is 3.69. The molecule has 35 heavy (non-hydrogen) atoms. The lowest BCUT2D eigenvalue weighted by atomic mass is 9.98. The molecule has 2 aliphatic carbocycles. The SMILES string of the molecule is COCCCC(NC(=O)[C@H](CC1CC1)NC(=O)OCC1c2ccccc2-c2ccccc21)C(=O)O. The van der Waals surface area contributed by atoms with Crippen molar-refractivity contribution < 1.29 is 29.0 Å². The van der Waals surface area contributed by atoms with Crippen LogP contribution in [0, 0.1) is 5.92 Å². The van der Waals surface area contributed by atoms with Crippen molar-refractivity contribution in [3.05, 3.63) is 59.7 Å². The van der Waals surface area contributed by atoms with Crippen molar-refractivity contribution in [3.8, 4) is 11.1 Å². The summed E-state index contributed by atoms with van der Waals surface area (Å²) in [6, 6.07) is 14.3. The van der Waals surface area contributed by atoms with Crippen molar-refractivity contribution in [2.45, 2.75) is 50.1 Å².